The minimum Gasteiger partial charge on any atom is -0.388 e. The van der Waals surface area contributed by atoms with Crippen molar-refractivity contribution < 1.29 is 14.6 Å². The van der Waals surface area contributed by atoms with Gasteiger partial charge in [-0.25, -0.2) is 0 Å². The van der Waals surface area contributed by atoms with E-state index in [1.807, 2.05) is 0 Å². The standard InChI is InChI=1S/C11H21NO3/c1-12(10-2-5-15-8-10)9-11(13)3-6-14-7-4-11/h10,13H,2-9H2,1H3. The van der Waals surface area contributed by atoms with E-state index in [1.54, 1.807) is 0 Å². The molecule has 2 rings (SSSR count). The molecule has 0 amide bonds. The number of hydrogen-bond donors (Lipinski definition) is 1. The molecule has 1 atom stereocenters. The molecular formula is C11H21NO3. The van der Waals surface area contributed by atoms with E-state index in [0.29, 0.717) is 19.3 Å². The van der Waals surface area contributed by atoms with Gasteiger partial charge in [-0.15, -0.1) is 0 Å². The van der Waals surface area contributed by atoms with E-state index in [-0.39, 0.29) is 0 Å². The second-order valence-corrected chi connectivity index (χ2v) is 4.77. The van der Waals surface area contributed by atoms with E-state index in [9.17, 15) is 5.11 Å². The van der Waals surface area contributed by atoms with Gasteiger partial charge < -0.3 is 14.6 Å². The van der Waals surface area contributed by atoms with Gasteiger partial charge in [0.2, 0.25) is 0 Å². The van der Waals surface area contributed by atoms with Gasteiger partial charge in [-0.2, -0.15) is 0 Å². The molecule has 0 aromatic rings. The van der Waals surface area contributed by atoms with Gasteiger partial charge in [0.05, 0.1) is 12.2 Å². The monoisotopic (exact) mass is 215 g/mol. The lowest BCUT2D eigenvalue weighted by molar-refractivity contribution is -0.0814. The first-order chi connectivity index (χ1) is 7.20. The minimum atomic E-state index is -0.546. The molecule has 2 saturated heterocycles. The number of nitrogens with zero attached hydrogens (tertiary/aromatic N) is 1. The maximum Gasteiger partial charge on any atom is 0.0817 e. The maximum atomic E-state index is 10.3. The van der Waals surface area contributed by atoms with Crippen molar-refractivity contribution in [3.05, 3.63) is 0 Å². The highest BCUT2D eigenvalue weighted by molar-refractivity contribution is 4.86. The Hall–Kier alpha value is -0.160. The molecule has 4 heteroatoms. The van der Waals surface area contributed by atoms with Crippen LogP contribution in [0.15, 0.2) is 0 Å². The van der Waals surface area contributed by atoms with E-state index in [0.717, 1.165) is 39.0 Å². The fourth-order valence-corrected chi connectivity index (χ4v) is 2.37. The second-order valence-electron chi connectivity index (χ2n) is 4.77. The fraction of sp³-hybridized carbons (Fsp3) is 1.00. The summed E-state index contributed by atoms with van der Waals surface area (Å²) in [5.74, 6) is 0. The van der Waals surface area contributed by atoms with Crippen LogP contribution in [0.2, 0.25) is 0 Å². The van der Waals surface area contributed by atoms with E-state index < -0.39 is 5.60 Å². The highest BCUT2D eigenvalue weighted by atomic mass is 16.5. The zero-order valence-corrected chi connectivity index (χ0v) is 9.45. The van der Waals surface area contributed by atoms with Gasteiger partial charge in [0, 0.05) is 45.2 Å². The summed E-state index contributed by atoms with van der Waals surface area (Å²) in [6.45, 7) is 3.78. The van der Waals surface area contributed by atoms with Gasteiger partial charge in [-0.1, -0.05) is 0 Å². The lowest BCUT2D eigenvalue weighted by atomic mass is 9.93. The first-order valence-electron chi connectivity index (χ1n) is 5.78. The third-order valence-corrected chi connectivity index (χ3v) is 3.50. The molecule has 0 radical (unpaired) electrons. The fourth-order valence-electron chi connectivity index (χ4n) is 2.37. The summed E-state index contributed by atoms with van der Waals surface area (Å²) in [6.07, 6.45) is 2.60. The van der Waals surface area contributed by atoms with Crippen molar-refractivity contribution in [2.75, 3.05) is 40.0 Å². The first kappa shape index (κ1) is 11.3. The molecule has 0 bridgehead atoms. The van der Waals surface area contributed by atoms with Gasteiger partial charge in [-0.3, -0.25) is 4.90 Å². The molecule has 88 valence electrons. The smallest absolute Gasteiger partial charge is 0.0817 e. The van der Waals surface area contributed by atoms with Crippen molar-refractivity contribution in [2.24, 2.45) is 0 Å². The van der Waals surface area contributed by atoms with E-state index in [4.69, 9.17) is 9.47 Å². The summed E-state index contributed by atoms with van der Waals surface area (Å²) in [7, 11) is 2.08. The molecule has 2 heterocycles. The zero-order chi connectivity index (χ0) is 10.7. The lowest BCUT2D eigenvalue weighted by Crippen LogP contribution is -2.48. The van der Waals surface area contributed by atoms with Crippen LogP contribution in [0, 0.1) is 0 Å². The largest absolute Gasteiger partial charge is 0.388 e. The highest BCUT2D eigenvalue weighted by Gasteiger charge is 2.33. The number of rotatable bonds is 3. The van der Waals surface area contributed by atoms with Gasteiger partial charge in [0.1, 0.15) is 0 Å². The van der Waals surface area contributed by atoms with Crippen LogP contribution in [0.4, 0.5) is 0 Å². The predicted molar refractivity (Wildman–Crippen MR) is 56.9 cm³/mol. The Labute approximate surface area is 91.2 Å². The molecule has 0 saturated carbocycles. The van der Waals surface area contributed by atoms with Gasteiger partial charge in [-0.05, 0) is 13.5 Å². The Balaban J connectivity index is 1.83. The Bertz CT molecular complexity index is 198. The molecule has 2 aliphatic heterocycles. The Morgan fingerprint density at radius 1 is 1.27 bits per heavy atom. The highest BCUT2D eigenvalue weighted by Crippen LogP contribution is 2.23. The molecule has 0 aromatic carbocycles. The molecule has 0 aromatic heterocycles. The number of hydrogen-bond acceptors (Lipinski definition) is 4. The summed E-state index contributed by atoms with van der Waals surface area (Å²) < 4.78 is 10.6. The van der Waals surface area contributed by atoms with Gasteiger partial charge >= 0.3 is 0 Å². The van der Waals surface area contributed by atoms with Crippen molar-refractivity contribution in [3.63, 3.8) is 0 Å². The average molecular weight is 215 g/mol. The number of aliphatic hydroxyl groups is 1. The van der Waals surface area contributed by atoms with Crippen molar-refractivity contribution in [1.29, 1.82) is 0 Å². The topological polar surface area (TPSA) is 41.9 Å². The van der Waals surface area contributed by atoms with Crippen molar-refractivity contribution in [1.82, 2.24) is 4.90 Å². The summed E-state index contributed by atoms with van der Waals surface area (Å²) >= 11 is 0. The molecule has 0 spiro atoms. The third kappa shape index (κ3) is 2.91. The summed E-state index contributed by atoms with van der Waals surface area (Å²) in [5.41, 5.74) is -0.546. The normalized spacial score (nSPS) is 31.0. The summed E-state index contributed by atoms with van der Waals surface area (Å²) in [4.78, 5) is 2.23. The van der Waals surface area contributed by atoms with E-state index in [2.05, 4.69) is 11.9 Å². The Morgan fingerprint density at radius 2 is 2.00 bits per heavy atom. The van der Waals surface area contributed by atoms with Crippen molar-refractivity contribution >= 4 is 0 Å². The van der Waals surface area contributed by atoms with E-state index in [1.165, 1.54) is 0 Å². The average Bonchev–Trinajstić information content (AvgIpc) is 2.70. The predicted octanol–water partition coefficient (Wildman–Crippen LogP) is 0.249. The molecule has 2 aliphatic rings. The number of ether oxygens (including phenoxy) is 2. The third-order valence-electron chi connectivity index (χ3n) is 3.50. The van der Waals surface area contributed by atoms with Crippen molar-refractivity contribution in [3.8, 4) is 0 Å². The lowest BCUT2D eigenvalue weighted by Gasteiger charge is -2.37. The maximum absolute atomic E-state index is 10.3. The Morgan fingerprint density at radius 3 is 2.60 bits per heavy atom. The van der Waals surface area contributed by atoms with Crippen LogP contribution in [0.5, 0.6) is 0 Å². The molecule has 15 heavy (non-hydrogen) atoms. The van der Waals surface area contributed by atoms with Crippen molar-refractivity contribution in [2.45, 2.75) is 30.9 Å². The molecule has 1 unspecified atom stereocenters. The van der Waals surface area contributed by atoms with Crippen LogP contribution in [-0.4, -0.2) is 61.7 Å². The molecular weight excluding hydrogens is 194 g/mol. The van der Waals surface area contributed by atoms with Crippen LogP contribution in [0.1, 0.15) is 19.3 Å². The van der Waals surface area contributed by atoms with E-state index >= 15 is 0 Å². The number of likely N-dealkylation sites (N-methyl/N-ethyl adjacent to an activating group) is 1. The van der Waals surface area contributed by atoms with Crippen LogP contribution in [0.3, 0.4) is 0 Å². The van der Waals surface area contributed by atoms with Crippen LogP contribution >= 0.6 is 0 Å². The summed E-state index contributed by atoms with van der Waals surface area (Å²) in [6, 6.07) is 0.483. The van der Waals surface area contributed by atoms with Crippen LogP contribution in [0.25, 0.3) is 0 Å². The molecule has 4 nitrogen and oxygen atoms in total. The SMILES string of the molecule is CN(CC1(O)CCOCC1)C1CCOC1. The quantitative estimate of drug-likeness (QED) is 0.732. The minimum absolute atomic E-state index is 0.483. The van der Waals surface area contributed by atoms with Crippen LogP contribution in [-0.2, 0) is 9.47 Å². The second kappa shape index (κ2) is 4.78. The van der Waals surface area contributed by atoms with Gasteiger partial charge in [0.25, 0.3) is 0 Å². The molecule has 0 aliphatic carbocycles. The molecule has 2 fully saturated rings. The van der Waals surface area contributed by atoms with Gasteiger partial charge in [0.15, 0.2) is 0 Å². The zero-order valence-electron chi connectivity index (χ0n) is 9.45. The van der Waals surface area contributed by atoms with Crippen LogP contribution < -0.4 is 0 Å². The first-order valence-corrected chi connectivity index (χ1v) is 5.78. The Kier molecular flexibility index (Phi) is 3.61. The summed E-state index contributed by atoms with van der Waals surface area (Å²) in [5, 5.41) is 10.3. The molecule has 1 N–H and O–H groups in total.